The molecule has 1 amide bonds. The number of sulfonamides is 1. The molecule has 8 nitrogen and oxygen atoms in total. The predicted molar refractivity (Wildman–Crippen MR) is 114 cm³/mol. The first kappa shape index (κ1) is 19.9. The highest BCUT2D eigenvalue weighted by Gasteiger charge is 2.31. The fourth-order valence-electron chi connectivity index (χ4n) is 4.20. The third-order valence-corrected chi connectivity index (χ3v) is 7.83. The highest BCUT2D eigenvalue weighted by atomic mass is 32.2. The molecule has 0 radical (unpaired) electrons. The number of nitrogens with zero attached hydrogens (tertiary/aromatic N) is 5. The van der Waals surface area contributed by atoms with Gasteiger partial charge >= 0.3 is 0 Å². The molecule has 0 saturated carbocycles. The Morgan fingerprint density at radius 1 is 0.903 bits per heavy atom. The summed E-state index contributed by atoms with van der Waals surface area (Å²) in [5.74, 6) is -0.239. The molecule has 1 saturated heterocycles. The second kappa shape index (κ2) is 7.90. The maximum atomic E-state index is 13.1. The van der Waals surface area contributed by atoms with Gasteiger partial charge in [-0.2, -0.15) is 14.2 Å². The van der Waals surface area contributed by atoms with Crippen LogP contribution in [-0.2, 0) is 22.9 Å². The van der Waals surface area contributed by atoms with Crippen LogP contribution in [0.4, 0.5) is 0 Å². The SMILES string of the molecule is O=C(c1cnn(-c2ccccc2)n1)N1CCN(S(=O)(=O)c2ccc3c(c2)CCC3)CC1. The Kier molecular flexibility index (Phi) is 5.07. The number of aromatic nitrogens is 3. The Morgan fingerprint density at radius 2 is 1.65 bits per heavy atom. The van der Waals surface area contributed by atoms with Crippen LogP contribution in [0.5, 0.6) is 0 Å². The molecule has 0 bridgehead atoms. The van der Waals surface area contributed by atoms with Gasteiger partial charge in [0.25, 0.3) is 5.91 Å². The molecule has 31 heavy (non-hydrogen) atoms. The Hall–Kier alpha value is -3.04. The zero-order chi connectivity index (χ0) is 21.4. The molecule has 5 rings (SSSR count). The van der Waals surface area contributed by atoms with E-state index in [4.69, 9.17) is 0 Å². The van der Waals surface area contributed by atoms with Gasteiger partial charge in [-0.3, -0.25) is 4.79 Å². The number of fused-ring (bicyclic) bond motifs is 1. The lowest BCUT2D eigenvalue weighted by Gasteiger charge is -2.33. The molecule has 160 valence electrons. The van der Waals surface area contributed by atoms with E-state index in [2.05, 4.69) is 10.2 Å². The normalized spacial score (nSPS) is 17.0. The van der Waals surface area contributed by atoms with Crippen molar-refractivity contribution in [2.75, 3.05) is 26.2 Å². The van der Waals surface area contributed by atoms with Gasteiger partial charge < -0.3 is 4.90 Å². The summed E-state index contributed by atoms with van der Waals surface area (Å²) in [5.41, 5.74) is 3.40. The van der Waals surface area contributed by atoms with Crippen molar-refractivity contribution in [2.45, 2.75) is 24.2 Å². The molecule has 2 aromatic carbocycles. The minimum atomic E-state index is -3.57. The summed E-state index contributed by atoms with van der Waals surface area (Å²) in [6.07, 6.45) is 4.48. The summed E-state index contributed by atoms with van der Waals surface area (Å²) in [4.78, 5) is 16.2. The summed E-state index contributed by atoms with van der Waals surface area (Å²) in [6, 6.07) is 14.8. The molecular formula is C22H23N5O3S. The number of benzene rings is 2. The molecule has 0 spiro atoms. The van der Waals surface area contributed by atoms with Crippen LogP contribution in [0.3, 0.4) is 0 Å². The standard InChI is InChI=1S/C22H23N5O3S/c28-22(21-16-23-27(24-21)19-7-2-1-3-8-19)25-11-13-26(14-12-25)31(29,30)20-10-9-17-5-4-6-18(17)15-20/h1-3,7-10,15-16H,4-6,11-14H2. The number of hydrogen-bond acceptors (Lipinski definition) is 5. The van der Waals surface area contributed by atoms with E-state index in [-0.39, 0.29) is 24.7 Å². The minimum Gasteiger partial charge on any atom is -0.335 e. The topological polar surface area (TPSA) is 88.4 Å². The summed E-state index contributed by atoms with van der Waals surface area (Å²) < 4.78 is 27.6. The third-order valence-electron chi connectivity index (χ3n) is 5.93. The lowest BCUT2D eigenvalue weighted by atomic mass is 10.1. The average molecular weight is 438 g/mol. The highest BCUT2D eigenvalue weighted by molar-refractivity contribution is 7.89. The lowest BCUT2D eigenvalue weighted by molar-refractivity contribution is 0.0691. The summed E-state index contributed by atoms with van der Waals surface area (Å²) >= 11 is 0. The van der Waals surface area contributed by atoms with E-state index in [0.717, 1.165) is 30.5 Å². The monoisotopic (exact) mass is 437 g/mol. The van der Waals surface area contributed by atoms with Crippen molar-refractivity contribution in [3.63, 3.8) is 0 Å². The van der Waals surface area contributed by atoms with Gasteiger partial charge in [-0.25, -0.2) is 8.42 Å². The number of amides is 1. The van der Waals surface area contributed by atoms with Crippen LogP contribution in [0.2, 0.25) is 0 Å². The predicted octanol–water partition coefficient (Wildman–Crippen LogP) is 1.90. The van der Waals surface area contributed by atoms with Crippen LogP contribution in [-0.4, -0.2) is 64.7 Å². The maximum Gasteiger partial charge on any atom is 0.276 e. The van der Waals surface area contributed by atoms with Gasteiger partial charge in [0.05, 0.1) is 16.8 Å². The molecule has 3 aromatic rings. The van der Waals surface area contributed by atoms with Crippen LogP contribution >= 0.6 is 0 Å². The van der Waals surface area contributed by atoms with Gasteiger partial charge in [0, 0.05) is 26.2 Å². The first-order chi connectivity index (χ1) is 15.0. The van der Waals surface area contributed by atoms with E-state index in [1.54, 1.807) is 11.0 Å². The van der Waals surface area contributed by atoms with Gasteiger partial charge in [-0.15, -0.1) is 5.10 Å². The lowest BCUT2D eigenvalue weighted by Crippen LogP contribution is -2.50. The van der Waals surface area contributed by atoms with Crippen molar-refractivity contribution in [2.24, 2.45) is 0 Å². The van der Waals surface area contributed by atoms with E-state index in [9.17, 15) is 13.2 Å². The zero-order valence-corrected chi connectivity index (χ0v) is 17.8. The molecule has 1 aromatic heterocycles. The molecule has 0 atom stereocenters. The van der Waals surface area contributed by atoms with E-state index in [1.807, 2.05) is 42.5 Å². The van der Waals surface area contributed by atoms with Gasteiger partial charge in [-0.05, 0) is 54.7 Å². The van der Waals surface area contributed by atoms with E-state index in [0.29, 0.717) is 18.0 Å². The first-order valence-corrected chi connectivity index (χ1v) is 11.9. The smallest absolute Gasteiger partial charge is 0.276 e. The number of piperazine rings is 1. The van der Waals surface area contributed by atoms with Crippen LogP contribution < -0.4 is 0 Å². The number of aryl methyl sites for hydroxylation is 2. The molecule has 1 aliphatic carbocycles. The van der Waals surface area contributed by atoms with Crippen molar-refractivity contribution in [3.8, 4) is 5.69 Å². The van der Waals surface area contributed by atoms with Crippen molar-refractivity contribution in [1.82, 2.24) is 24.2 Å². The molecule has 9 heteroatoms. The number of para-hydroxylation sites is 1. The number of rotatable bonds is 4. The minimum absolute atomic E-state index is 0.239. The van der Waals surface area contributed by atoms with Gasteiger partial charge in [0.1, 0.15) is 0 Å². The van der Waals surface area contributed by atoms with Crippen LogP contribution in [0.25, 0.3) is 5.69 Å². The first-order valence-electron chi connectivity index (χ1n) is 10.4. The quantitative estimate of drug-likeness (QED) is 0.622. The number of carbonyl (C=O) groups is 1. The van der Waals surface area contributed by atoms with Gasteiger partial charge in [-0.1, -0.05) is 24.3 Å². The van der Waals surface area contributed by atoms with Gasteiger partial charge in [0.15, 0.2) is 5.69 Å². The molecule has 0 unspecified atom stereocenters. The van der Waals surface area contributed by atoms with Crippen molar-refractivity contribution in [1.29, 1.82) is 0 Å². The average Bonchev–Trinajstić information content (AvgIpc) is 3.48. The summed E-state index contributed by atoms with van der Waals surface area (Å²) in [7, 11) is -3.57. The van der Waals surface area contributed by atoms with E-state index < -0.39 is 10.0 Å². The van der Waals surface area contributed by atoms with Crippen molar-refractivity contribution in [3.05, 3.63) is 71.5 Å². The number of carbonyl (C=O) groups excluding carboxylic acids is 1. The molecule has 2 aliphatic rings. The summed E-state index contributed by atoms with van der Waals surface area (Å²) in [6.45, 7) is 1.17. The molecule has 2 heterocycles. The zero-order valence-electron chi connectivity index (χ0n) is 17.0. The Bertz CT molecular complexity index is 1210. The second-order valence-corrected chi connectivity index (χ2v) is 9.77. The molecule has 1 fully saturated rings. The molecule has 0 N–H and O–H groups in total. The Balaban J connectivity index is 1.26. The highest BCUT2D eigenvalue weighted by Crippen LogP contribution is 2.26. The Labute approximate surface area is 181 Å². The van der Waals surface area contributed by atoms with Crippen LogP contribution in [0, 0.1) is 0 Å². The third kappa shape index (κ3) is 3.75. The fourth-order valence-corrected chi connectivity index (χ4v) is 5.67. The fraction of sp³-hybridized carbons (Fsp3) is 0.318. The van der Waals surface area contributed by atoms with Crippen molar-refractivity contribution < 1.29 is 13.2 Å². The Morgan fingerprint density at radius 3 is 2.42 bits per heavy atom. The van der Waals surface area contributed by atoms with E-state index >= 15 is 0 Å². The number of hydrogen-bond donors (Lipinski definition) is 0. The van der Waals surface area contributed by atoms with E-state index in [1.165, 1.54) is 20.9 Å². The summed E-state index contributed by atoms with van der Waals surface area (Å²) in [5, 5.41) is 8.46. The van der Waals surface area contributed by atoms with Crippen molar-refractivity contribution >= 4 is 15.9 Å². The van der Waals surface area contributed by atoms with Gasteiger partial charge in [0.2, 0.25) is 10.0 Å². The van der Waals surface area contributed by atoms with Crippen LogP contribution in [0.1, 0.15) is 28.0 Å². The van der Waals surface area contributed by atoms with Crippen LogP contribution in [0.15, 0.2) is 59.6 Å². The molecule has 1 aliphatic heterocycles. The molecular weight excluding hydrogens is 414 g/mol. The second-order valence-electron chi connectivity index (χ2n) is 7.84. The largest absolute Gasteiger partial charge is 0.335 e. The maximum absolute atomic E-state index is 13.1.